The van der Waals surface area contributed by atoms with E-state index < -0.39 is 11.9 Å². The highest BCUT2D eigenvalue weighted by molar-refractivity contribution is 6.13. The summed E-state index contributed by atoms with van der Waals surface area (Å²) in [7, 11) is 0. The molecular weight excluding hydrogens is 223 g/mol. The molecule has 1 aliphatic heterocycles. The van der Waals surface area contributed by atoms with Gasteiger partial charge in [-0.25, -0.2) is 4.39 Å². The fraction of sp³-hybridized carbons (Fsp3) is 0.231. The number of carbonyl (C=O) groups is 2. The van der Waals surface area contributed by atoms with E-state index in [-0.39, 0.29) is 18.2 Å². The van der Waals surface area contributed by atoms with Crippen molar-refractivity contribution in [3.05, 3.63) is 47.3 Å². The van der Waals surface area contributed by atoms with Crippen molar-refractivity contribution in [2.75, 3.05) is 6.61 Å². The van der Waals surface area contributed by atoms with Crippen LogP contribution in [0.4, 0.5) is 4.39 Å². The highest BCUT2D eigenvalue weighted by Crippen LogP contribution is 2.18. The third-order valence-electron chi connectivity index (χ3n) is 2.60. The summed E-state index contributed by atoms with van der Waals surface area (Å²) < 4.78 is 17.9. The standard InChI is InChI=1S/C13H11FO3/c1-8-12(6-11(15)7-17-8)13(16)9-2-4-10(14)5-3-9/h2-6,8H,7H2,1H3. The fourth-order valence-electron chi connectivity index (χ4n) is 1.65. The second kappa shape index (κ2) is 4.59. The molecule has 1 atom stereocenters. The van der Waals surface area contributed by atoms with Gasteiger partial charge in [0.15, 0.2) is 11.6 Å². The molecule has 88 valence electrons. The highest BCUT2D eigenvalue weighted by atomic mass is 19.1. The third kappa shape index (κ3) is 2.47. The summed E-state index contributed by atoms with van der Waals surface area (Å²) in [6, 6.07) is 5.21. The van der Waals surface area contributed by atoms with Crippen molar-refractivity contribution >= 4 is 11.6 Å². The lowest BCUT2D eigenvalue weighted by atomic mass is 9.97. The molecule has 0 aromatic heterocycles. The van der Waals surface area contributed by atoms with Crippen molar-refractivity contribution in [1.29, 1.82) is 0 Å². The van der Waals surface area contributed by atoms with E-state index in [9.17, 15) is 14.0 Å². The smallest absolute Gasteiger partial charge is 0.191 e. The SMILES string of the molecule is CC1OCC(=O)C=C1C(=O)c1ccc(F)cc1. The molecule has 2 rings (SSSR count). The van der Waals surface area contributed by atoms with Crippen LogP contribution in [0.3, 0.4) is 0 Å². The van der Waals surface area contributed by atoms with Gasteiger partial charge in [0.05, 0.1) is 6.10 Å². The van der Waals surface area contributed by atoms with Crippen molar-refractivity contribution < 1.29 is 18.7 Å². The first-order chi connectivity index (χ1) is 8.08. The molecule has 1 aromatic carbocycles. The number of benzene rings is 1. The largest absolute Gasteiger partial charge is 0.366 e. The van der Waals surface area contributed by atoms with Gasteiger partial charge in [-0.05, 0) is 37.3 Å². The van der Waals surface area contributed by atoms with Crippen LogP contribution in [-0.4, -0.2) is 24.3 Å². The summed E-state index contributed by atoms with van der Waals surface area (Å²) in [5, 5.41) is 0. The second-order valence-corrected chi connectivity index (χ2v) is 3.86. The van der Waals surface area contributed by atoms with Crippen molar-refractivity contribution in [3.63, 3.8) is 0 Å². The summed E-state index contributed by atoms with van der Waals surface area (Å²) in [5.74, 6) is -0.932. The lowest BCUT2D eigenvalue weighted by Gasteiger charge is -2.19. The number of Topliss-reactive ketones (excluding diaryl/α,β-unsaturated/α-hetero) is 1. The van der Waals surface area contributed by atoms with E-state index in [1.165, 1.54) is 30.3 Å². The predicted octanol–water partition coefficient (Wildman–Crippen LogP) is 1.92. The van der Waals surface area contributed by atoms with Crippen LogP contribution in [0.15, 0.2) is 35.9 Å². The summed E-state index contributed by atoms with van der Waals surface area (Å²) in [5.41, 5.74) is 0.663. The van der Waals surface area contributed by atoms with E-state index in [0.29, 0.717) is 11.1 Å². The Balaban J connectivity index is 2.31. The van der Waals surface area contributed by atoms with Crippen molar-refractivity contribution in [2.24, 2.45) is 0 Å². The Morgan fingerprint density at radius 1 is 1.35 bits per heavy atom. The topological polar surface area (TPSA) is 43.4 Å². The Labute approximate surface area is 97.9 Å². The van der Waals surface area contributed by atoms with Gasteiger partial charge in [-0.15, -0.1) is 0 Å². The van der Waals surface area contributed by atoms with Crippen LogP contribution >= 0.6 is 0 Å². The molecule has 17 heavy (non-hydrogen) atoms. The van der Waals surface area contributed by atoms with E-state index >= 15 is 0 Å². The van der Waals surface area contributed by atoms with Crippen LogP contribution in [0.25, 0.3) is 0 Å². The van der Waals surface area contributed by atoms with Crippen molar-refractivity contribution in [3.8, 4) is 0 Å². The number of rotatable bonds is 2. The van der Waals surface area contributed by atoms with E-state index in [0.717, 1.165) is 0 Å². The van der Waals surface area contributed by atoms with Gasteiger partial charge in [0, 0.05) is 11.1 Å². The average Bonchev–Trinajstić information content (AvgIpc) is 2.32. The Morgan fingerprint density at radius 3 is 2.65 bits per heavy atom. The van der Waals surface area contributed by atoms with Crippen LogP contribution in [-0.2, 0) is 9.53 Å². The first-order valence-electron chi connectivity index (χ1n) is 5.24. The number of ether oxygens (including phenoxy) is 1. The van der Waals surface area contributed by atoms with Crippen molar-refractivity contribution in [2.45, 2.75) is 13.0 Å². The molecule has 0 bridgehead atoms. The lowest BCUT2D eigenvalue weighted by molar-refractivity contribution is -0.121. The van der Waals surface area contributed by atoms with Crippen molar-refractivity contribution in [1.82, 2.24) is 0 Å². The van der Waals surface area contributed by atoms with E-state index in [2.05, 4.69) is 0 Å². The normalized spacial score (nSPS) is 20.0. The maximum Gasteiger partial charge on any atom is 0.191 e. The molecule has 0 N–H and O–H groups in total. The summed E-state index contributed by atoms with van der Waals surface area (Å²) in [4.78, 5) is 23.2. The minimum absolute atomic E-state index is 0.00135. The zero-order chi connectivity index (χ0) is 12.4. The average molecular weight is 234 g/mol. The zero-order valence-corrected chi connectivity index (χ0v) is 9.27. The molecule has 0 aliphatic carbocycles. The lowest BCUT2D eigenvalue weighted by Crippen LogP contribution is -2.27. The van der Waals surface area contributed by atoms with Gasteiger partial charge in [0.25, 0.3) is 0 Å². The number of halogens is 1. The van der Waals surface area contributed by atoms with Gasteiger partial charge in [-0.1, -0.05) is 0 Å². The van der Waals surface area contributed by atoms with Crippen LogP contribution in [0.5, 0.6) is 0 Å². The molecule has 1 aromatic rings. The van der Waals surface area contributed by atoms with Gasteiger partial charge in [-0.3, -0.25) is 9.59 Å². The summed E-state index contributed by atoms with van der Waals surface area (Å²) in [6.07, 6.45) is 0.894. The quantitative estimate of drug-likeness (QED) is 0.734. The van der Waals surface area contributed by atoms with Gasteiger partial charge in [-0.2, -0.15) is 0 Å². The molecule has 1 aliphatic rings. The number of ketones is 2. The minimum atomic E-state index is -0.412. The number of hydrogen-bond donors (Lipinski definition) is 0. The van der Waals surface area contributed by atoms with Gasteiger partial charge in [0.2, 0.25) is 0 Å². The Hall–Kier alpha value is -1.81. The van der Waals surface area contributed by atoms with Gasteiger partial charge in [0.1, 0.15) is 12.4 Å². The molecule has 0 amide bonds. The van der Waals surface area contributed by atoms with Crippen LogP contribution in [0.1, 0.15) is 17.3 Å². The van der Waals surface area contributed by atoms with Crippen LogP contribution in [0, 0.1) is 5.82 Å². The summed E-state index contributed by atoms with van der Waals surface area (Å²) in [6.45, 7) is 1.71. The monoisotopic (exact) mass is 234 g/mol. The molecular formula is C13H11FO3. The van der Waals surface area contributed by atoms with E-state index in [1.54, 1.807) is 6.92 Å². The van der Waals surface area contributed by atoms with Gasteiger partial charge < -0.3 is 4.74 Å². The first-order valence-corrected chi connectivity index (χ1v) is 5.24. The molecule has 0 saturated carbocycles. The molecule has 0 spiro atoms. The third-order valence-corrected chi connectivity index (χ3v) is 2.60. The second-order valence-electron chi connectivity index (χ2n) is 3.86. The number of carbonyl (C=O) groups excluding carboxylic acids is 2. The summed E-state index contributed by atoms with van der Waals surface area (Å²) >= 11 is 0. The number of hydrogen-bond acceptors (Lipinski definition) is 3. The fourth-order valence-corrected chi connectivity index (χ4v) is 1.65. The minimum Gasteiger partial charge on any atom is -0.366 e. The molecule has 4 heteroatoms. The van der Waals surface area contributed by atoms with Gasteiger partial charge >= 0.3 is 0 Å². The molecule has 1 unspecified atom stereocenters. The Bertz CT molecular complexity index is 488. The maximum atomic E-state index is 12.7. The highest BCUT2D eigenvalue weighted by Gasteiger charge is 2.24. The van der Waals surface area contributed by atoms with E-state index in [1.807, 2.05) is 0 Å². The molecule has 1 heterocycles. The molecule has 0 fully saturated rings. The first kappa shape index (κ1) is 11.7. The van der Waals surface area contributed by atoms with E-state index in [4.69, 9.17) is 4.74 Å². The Morgan fingerprint density at radius 2 is 2.00 bits per heavy atom. The zero-order valence-electron chi connectivity index (χ0n) is 9.27. The predicted molar refractivity (Wildman–Crippen MR) is 59.2 cm³/mol. The molecule has 3 nitrogen and oxygen atoms in total. The molecule has 0 saturated heterocycles. The van der Waals surface area contributed by atoms with Crippen LogP contribution < -0.4 is 0 Å². The Kier molecular flexibility index (Phi) is 3.15. The maximum absolute atomic E-state index is 12.7. The molecule has 0 radical (unpaired) electrons. The van der Waals surface area contributed by atoms with Crippen LogP contribution in [0.2, 0.25) is 0 Å².